The molecule has 0 rings (SSSR count). The average molecular weight is 127 g/mol. The fourth-order valence-corrected chi connectivity index (χ4v) is 0.448. The van der Waals surface area contributed by atoms with E-state index in [1.54, 1.807) is 13.1 Å². The van der Waals surface area contributed by atoms with Gasteiger partial charge < -0.3 is 10.6 Å². The SMILES string of the molecule is C=CCNC(=NC)NC. The lowest BCUT2D eigenvalue weighted by Gasteiger charge is -2.03. The molecule has 0 saturated heterocycles. The number of hydrogen-bond acceptors (Lipinski definition) is 1. The van der Waals surface area contributed by atoms with Crippen molar-refractivity contribution >= 4 is 5.96 Å². The molecule has 2 N–H and O–H groups in total. The maximum absolute atomic E-state index is 3.89. The van der Waals surface area contributed by atoms with Gasteiger partial charge in [0.25, 0.3) is 0 Å². The van der Waals surface area contributed by atoms with Crippen molar-refractivity contribution < 1.29 is 0 Å². The quantitative estimate of drug-likeness (QED) is 0.310. The lowest BCUT2D eigenvalue weighted by Crippen LogP contribution is -2.34. The Morgan fingerprint density at radius 2 is 2.44 bits per heavy atom. The Kier molecular flexibility index (Phi) is 4.59. The van der Waals surface area contributed by atoms with E-state index in [2.05, 4.69) is 22.2 Å². The van der Waals surface area contributed by atoms with Gasteiger partial charge in [0.1, 0.15) is 0 Å². The molecule has 0 aromatic heterocycles. The summed E-state index contributed by atoms with van der Waals surface area (Å²) < 4.78 is 0. The van der Waals surface area contributed by atoms with Gasteiger partial charge >= 0.3 is 0 Å². The molecule has 0 aromatic rings. The van der Waals surface area contributed by atoms with Gasteiger partial charge in [-0.15, -0.1) is 6.58 Å². The number of nitrogens with one attached hydrogen (secondary N) is 2. The summed E-state index contributed by atoms with van der Waals surface area (Å²) in [6.07, 6.45) is 1.78. The molecule has 9 heavy (non-hydrogen) atoms. The molecule has 0 bridgehead atoms. The molecular formula is C6H13N3. The average Bonchev–Trinajstić information content (AvgIpc) is 1.91. The van der Waals surface area contributed by atoms with Gasteiger partial charge in [-0.05, 0) is 0 Å². The number of rotatable bonds is 2. The highest BCUT2D eigenvalue weighted by Gasteiger charge is 1.85. The van der Waals surface area contributed by atoms with Crippen LogP contribution in [-0.2, 0) is 0 Å². The highest BCUT2D eigenvalue weighted by molar-refractivity contribution is 5.79. The van der Waals surface area contributed by atoms with E-state index in [1.165, 1.54) is 0 Å². The van der Waals surface area contributed by atoms with Crippen molar-refractivity contribution in [2.75, 3.05) is 20.6 Å². The van der Waals surface area contributed by atoms with Crippen LogP contribution in [0, 0.1) is 0 Å². The Morgan fingerprint density at radius 1 is 1.78 bits per heavy atom. The van der Waals surface area contributed by atoms with Crippen molar-refractivity contribution in [3.05, 3.63) is 12.7 Å². The maximum Gasteiger partial charge on any atom is 0.190 e. The third kappa shape index (κ3) is 3.58. The second kappa shape index (κ2) is 5.15. The predicted octanol–water partition coefficient (Wildman–Crippen LogP) is -0.0328. The Bertz CT molecular complexity index is 107. The van der Waals surface area contributed by atoms with Gasteiger partial charge in [-0.3, -0.25) is 4.99 Å². The first kappa shape index (κ1) is 8.01. The Balaban J connectivity index is 3.44. The lowest BCUT2D eigenvalue weighted by molar-refractivity contribution is 0.952. The molecule has 52 valence electrons. The normalized spacial score (nSPS) is 10.7. The molecule has 0 aliphatic rings. The molecule has 0 amide bonds. The van der Waals surface area contributed by atoms with Crippen LogP contribution in [0.3, 0.4) is 0 Å². The van der Waals surface area contributed by atoms with Gasteiger partial charge in [-0.2, -0.15) is 0 Å². The minimum atomic E-state index is 0.744. The first-order valence-corrected chi connectivity index (χ1v) is 2.84. The van der Waals surface area contributed by atoms with E-state index in [-0.39, 0.29) is 0 Å². The monoisotopic (exact) mass is 127 g/mol. The Morgan fingerprint density at radius 3 is 2.78 bits per heavy atom. The van der Waals surface area contributed by atoms with Crippen LogP contribution < -0.4 is 10.6 Å². The number of guanidine groups is 1. The van der Waals surface area contributed by atoms with Gasteiger partial charge in [0, 0.05) is 20.6 Å². The van der Waals surface area contributed by atoms with E-state index >= 15 is 0 Å². The highest BCUT2D eigenvalue weighted by atomic mass is 15.1. The van der Waals surface area contributed by atoms with Gasteiger partial charge in [0.2, 0.25) is 0 Å². The molecule has 0 atom stereocenters. The first-order valence-electron chi connectivity index (χ1n) is 2.84. The van der Waals surface area contributed by atoms with Crippen molar-refractivity contribution in [1.82, 2.24) is 10.6 Å². The zero-order valence-electron chi connectivity index (χ0n) is 5.94. The highest BCUT2D eigenvalue weighted by Crippen LogP contribution is 1.63. The van der Waals surface area contributed by atoms with Crippen LogP contribution in [0.25, 0.3) is 0 Å². The van der Waals surface area contributed by atoms with Crippen LogP contribution >= 0.6 is 0 Å². The standard InChI is InChI=1S/C6H13N3/c1-4-5-9-6(7-2)8-3/h4H,1,5H2,2-3H3,(H2,7,8,9). The topological polar surface area (TPSA) is 36.4 Å². The van der Waals surface area contributed by atoms with Crippen LogP contribution in [-0.4, -0.2) is 26.6 Å². The number of nitrogens with zero attached hydrogens (tertiary/aromatic N) is 1. The smallest absolute Gasteiger partial charge is 0.190 e. The van der Waals surface area contributed by atoms with Gasteiger partial charge in [0.05, 0.1) is 0 Å². The van der Waals surface area contributed by atoms with E-state index in [1.807, 2.05) is 7.05 Å². The van der Waals surface area contributed by atoms with E-state index in [9.17, 15) is 0 Å². The van der Waals surface area contributed by atoms with E-state index in [4.69, 9.17) is 0 Å². The number of aliphatic imine (C=N–C) groups is 1. The second-order valence-electron chi connectivity index (χ2n) is 1.49. The van der Waals surface area contributed by atoms with E-state index < -0.39 is 0 Å². The maximum atomic E-state index is 3.89. The zero-order chi connectivity index (χ0) is 7.11. The first-order chi connectivity index (χ1) is 4.35. The van der Waals surface area contributed by atoms with Gasteiger partial charge in [-0.1, -0.05) is 6.08 Å². The molecule has 0 spiro atoms. The van der Waals surface area contributed by atoms with E-state index in [0.29, 0.717) is 0 Å². The van der Waals surface area contributed by atoms with Crippen molar-refractivity contribution in [2.24, 2.45) is 4.99 Å². The molecule has 0 radical (unpaired) electrons. The minimum Gasteiger partial charge on any atom is -0.359 e. The molecule has 0 heterocycles. The molecule has 0 aliphatic heterocycles. The van der Waals surface area contributed by atoms with Crippen LogP contribution in [0.5, 0.6) is 0 Å². The Hall–Kier alpha value is -0.990. The van der Waals surface area contributed by atoms with Crippen molar-refractivity contribution in [3.8, 4) is 0 Å². The lowest BCUT2D eigenvalue weighted by atomic mass is 10.6. The van der Waals surface area contributed by atoms with Crippen LogP contribution in [0.4, 0.5) is 0 Å². The van der Waals surface area contributed by atoms with Crippen LogP contribution in [0.2, 0.25) is 0 Å². The molecule has 0 aliphatic carbocycles. The van der Waals surface area contributed by atoms with Crippen molar-refractivity contribution in [2.45, 2.75) is 0 Å². The number of hydrogen-bond donors (Lipinski definition) is 2. The van der Waals surface area contributed by atoms with Crippen LogP contribution in [0.15, 0.2) is 17.6 Å². The molecule has 3 nitrogen and oxygen atoms in total. The molecule has 0 unspecified atom stereocenters. The summed E-state index contributed by atoms with van der Waals surface area (Å²) in [6, 6.07) is 0. The molecule has 0 aromatic carbocycles. The third-order valence-electron chi connectivity index (χ3n) is 0.874. The molecule has 0 fully saturated rings. The van der Waals surface area contributed by atoms with Gasteiger partial charge in [-0.25, -0.2) is 0 Å². The summed E-state index contributed by atoms with van der Waals surface area (Å²) in [6.45, 7) is 4.30. The predicted molar refractivity (Wildman–Crippen MR) is 40.6 cm³/mol. The largest absolute Gasteiger partial charge is 0.359 e. The molecule has 0 saturated carbocycles. The summed E-state index contributed by atoms with van der Waals surface area (Å²) in [7, 11) is 3.54. The van der Waals surface area contributed by atoms with Crippen molar-refractivity contribution in [1.29, 1.82) is 0 Å². The van der Waals surface area contributed by atoms with Crippen molar-refractivity contribution in [3.63, 3.8) is 0 Å². The second-order valence-corrected chi connectivity index (χ2v) is 1.49. The molecular weight excluding hydrogens is 114 g/mol. The summed E-state index contributed by atoms with van der Waals surface area (Å²) in [5, 5.41) is 5.87. The summed E-state index contributed by atoms with van der Waals surface area (Å²) in [5.41, 5.74) is 0. The van der Waals surface area contributed by atoms with E-state index in [0.717, 1.165) is 12.5 Å². The fourth-order valence-electron chi connectivity index (χ4n) is 0.448. The summed E-state index contributed by atoms with van der Waals surface area (Å²) in [4.78, 5) is 3.89. The minimum absolute atomic E-state index is 0.744. The Labute approximate surface area is 55.9 Å². The van der Waals surface area contributed by atoms with Gasteiger partial charge in [0.15, 0.2) is 5.96 Å². The zero-order valence-corrected chi connectivity index (χ0v) is 5.94. The third-order valence-corrected chi connectivity index (χ3v) is 0.874. The summed E-state index contributed by atoms with van der Waals surface area (Å²) in [5.74, 6) is 0.787. The fraction of sp³-hybridized carbons (Fsp3) is 0.500. The summed E-state index contributed by atoms with van der Waals surface area (Å²) >= 11 is 0. The molecule has 3 heteroatoms. The van der Waals surface area contributed by atoms with Crippen LogP contribution in [0.1, 0.15) is 0 Å².